The van der Waals surface area contributed by atoms with E-state index < -0.39 is 10.0 Å². The van der Waals surface area contributed by atoms with Crippen molar-refractivity contribution in [2.24, 2.45) is 0 Å². The number of sulfonamides is 1. The predicted molar refractivity (Wildman–Crippen MR) is 87.3 cm³/mol. The zero-order valence-electron chi connectivity index (χ0n) is 14.6. The molecule has 0 aliphatic rings. The molecule has 0 aromatic heterocycles. The maximum Gasteiger partial charge on any atom is 1.00 e. The van der Waals surface area contributed by atoms with E-state index in [1.54, 1.807) is 12.1 Å². The monoisotopic (exact) mass is 343 g/mol. The molecule has 2 rings (SSSR count). The molecule has 0 atom stereocenters. The minimum Gasteiger partial charge on any atom is -1.00 e. The van der Waals surface area contributed by atoms with E-state index in [0.717, 1.165) is 11.8 Å². The number of para-hydroxylation sites is 1. The molecule has 0 bridgehead atoms. The smallest absolute Gasteiger partial charge is 1.00 e. The van der Waals surface area contributed by atoms with E-state index in [-0.39, 0.29) is 48.2 Å². The van der Waals surface area contributed by atoms with Crippen LogP contribution >= 0.6 is 0 Å². The average molecular weight is 343 g/mol. The number of carbonyl (C=O) groups is 1. The van der Waals surface area contributed by atoms with Gasteiger partial charge in [-0.15, -0.1) is 0 Å². The summed E-state index contributed by atoms with van der Waals surface area (Å²) in [5, 5.41) is 0. The Morgan fingerprint density at radius 2 is 1.78 bits per heavy atom. The molecular weight excluding hydrogens is 325 g/mol. The van der Waals surface area contributed by atoms with Crippen LogP contribution in [0, 0.1) is 6.92 Å². The Morgan fingerprint density at radius 1 is 1.13 bits per heavy atom. The number of Topliss-reactive ketones (excluding diaryl/α,β-unsaturated/α-hetero) is 1. The largest absolute Gasteiger partial charge is 1.00 e. The van der Waals surface area contributed by atoms with Gasteiger partial charge in [0.15, 0.2) is 11.5 Å². The summed E-state index contributed by atoms with van der Waals surface area (Å²) in [6.45, 7) is 3.32. The maximum absolute atomic E-state index is 11.5. The summed E-state index contributed by atoms with van der Waals surface area (Å²) < 4.78 is 31.1. The molecule has 0 aliphatic heterocycles. The molecule has 2 aromatic rings. The van der Waals surface area contributed by atoms with Gasteiger partial charge in [0.1, 0.15) is 5.75 Å². The van der Waals surface area contributed by atoms with Crippen LogP contribution in [0.2, 0.25) is 0 Å². The van der Waals surface area contributed by atoms with Gasteiger partial charge >= 0.3 is 29.6 Å². The molecule has 0 amide bonds. The fourth-order valence-electron chi connectivity index (χ4n) is 1.90. The van der Waals surface area contributed by atoms with Crippen molar-refractivity contribution in [3.63, 3.8) is 0 Å². The molecule has 118 valence electrons. The van der Waals surface area contributed by atoms with Crippen molar-refractivity contribution in [3.8, 4) is 11.5 Å². The average Bonchev–Trinajstić information content (AvgIpc) is 2.41. The van der Waals surface area contributed by atoms with Crippen LogP contribution in [-0.4, -0.2) is 20.5 Å². The molecule has 0 saturated heterocycles. The molecular formula is C16H18NNaO4S. The molecule has 1 N–H and O–H groups in total. The van der Waals surface area contributed by atoms with Crippen molar-refractivity contribution in [2.45, 2.75) is 13.8 Å². The summed E-state index contributed by atoms with van der Waals surface area (Å²) in [7, 11) is -3.45. The third-order valence-corrected chi connectivity index (χ3v) is 3.59. The zero-order chi connectivity index (χ0) is 16.3. The van der Waals surface area contributed by atoms with Gasteiger partial charge in [-0.3, -0.25) is 9.52 Å². The summed E-state index contributed by atoms with van der Waals surface area (Å²) in [4.78, 5) is 11.5. The van der Waals surface area contributed by atoms with Crippen molar-refractivity contribution in [2.75, 3.05) is 11.0 Å². The topological polar surface area (TPSA) is 72.5 Å². The van der Waals surface area contributed by atoms with Crippen LogP contribution in [0.3, 0.4) is 0 Å². The molecule has 0 aliphatic carbocycles. The summed E-state index contributed by atoms with van der Waals surface area (Å²) >= 11 is 0. The fourth-order valence-corrected chi connectivity index (χ4v) is 2.47. The number of hydrogen-bond acceptors (Lipinski definition) is 4. The number of ether oxygens (including phenoxy) is 1. The molecule has 0 fully saturated rings. The van der Waals surface area contributed by atoms with Crippen molar-refractivity contribution in [3.05, 3.63) is 53.6 Å². The number of carbonyl (C=O) groups excluding carboxylic acids is 1. The fraction of sp³-hybridized carbons (Fsp3) is 0.188. The van der Waals surface area contributed by atoms with Gasteiger partial charge in [-0.05, 0) is 43.7 Å². The Kier molecular flexibility index (Phi) is 6.83. The summed E-state index contributed by atoms with van der Waals surface area (Å²) in [5.74, 6) is 0.757. The van der Waals surface area contributed by atoms with E-state index in [9.17, 15) is 13.2 Å². The van der Waals surface area contributed by atoms with Crippen LogP contribution < -0.4 is 39.0 Å². The van der Waals surface area contributed by atoms with Gasteiger partial charge in [-0.2, -0.15) is 0 Å². The molecule has 5 nitrogen and oxygen atoms in total. The van der Waals surface area contributed by atoms with Crippen LogP contribution in [-0.2, 0) is 10.0 Å². The first kappa shape index (κ1) is 19.7. The summed E-state index contributed by atoms with van der Waals surface area (Å²) in [5.41, 5.74) is 1.64. The Bertz CT molecular complexity index is 825. The first-order valence-corrected chi connectivity index (χ1v) is 8.51. The molecule has 0 spiro atoms. The second kappa shape index (κ2) is 7.97. The number of hydrogen-bond donors (Lipinski definition) is 1. The van der Waals surface area contributed by atoms with Crippen molar-refractivity contribution >= 4 is 21.5 Å². The van der Waals surface area contributed by atoms with Gasteiger partial charge in [-0.25, -0.2) is 8.42 Å². The van der Waals surface area contributed by atoms with E-state index in [1.807, 2.05) is 25.1 Å². The molecule has 23 heavy (non-hydrogen) atoms. The Morgan fingerprint density at radius 3 is 2.35 bits per heavy atom. The maximum atomic E-state index is 11.5. The summed E-state index contributed by atoms with van der Waals surface area (Å²) in [6.07, 6.45) is 1.06. The number of ketones is 1. The van der Waals surface area contributed by atoms with Crippen LogP contribution in [0.4, 0.5) is 5.69 Å². The number of nitrogens with one attached hydrogen (secondary N) is 1. The van der Waals surface area contributed by atoms with Crippen LogP contribution in [0.5, 0.6) is 11.5 Å². The van der Waals surface area contributed by atoms with Crippen molar-refractivity contribution < 1.29 is 48.9 Å². The second-order valence-corrected chi connectivity index (χ2v) is 6.76. The first-order chi connectivity index (χ1) is 10.3. The van der Waals surface area contributed by atoms with E-state index in [0.29, 0.717) is 11.3 Å². The van der Waals surface area contributed by atoms with Gasteiger partial charge in [0.2, 0.25) is 10.0 Å². The quantitative estimate of drug-likeness (QED) is 0.633. The third-order valence-electron chi connectivity index (χ3n) is 3.00. The van der Waals surface area contributed by atoms with Gasteiger partial charge in [0, 0.05) is 5.56 Å². The first-order valence-electron chi connectivity index (χ1n) is 6.62. The second-order valence-electron chi connectivity index (χ2n) is 5.01. The van der Waals surface area contributed by atoms with Crippen LogP contribution in [0.15, 0.2) is 42.5 Å². The molecule has 0 radical (unpaired) electrons. The Balaban J connectivity index is 0.00000264. The predicted octanol–water partition coefficient (Wildman–Crippen LogP) is 0.478. The van der Waals surface area contributed by atoms with E-state index in [4.69, 9.17) is 4.74 Å². The normalized spacial score (nSPS) is 10.6. The van der Waals surface area contributed by atoms with Gasteiger partial charge in [0.05, 0.1) is 11.9 Å². The number of aryl methyl sites for hydroxylation is 1. The van der Waals surface area contributed by atoms with Crippen molar-refractivity contribution in [1.82, 2.24) is 0 Å². The van der Waals surface area contributed by atoms with Gasteiger partial charge in [-0.1, -0.05) is 18.2 Å². The van der Waals surface area contributed by atoms with E-state index in [1.165, 1.54) is 19.1 Å². The standard InChI is InChI=1S/C16H17NO4S.Na.H/c1-11-6-4-5-7-15(11)21-16-10-13(12(2)18)8-9-14(16)17-22(3,19)20;;/h4-10,17H,1-3H3;;/q;+1;-1. The minimum atomic E-state index is -3.45. The zero-order valence-corrected chi connectivity index (χ0v) is 16.4. The number of anilines is 1. The van der Waals surface area contributed by atoms with Crippen molar-refractivity contribution in [1.29, 1.82) is 0 Å². The molecule has 7 heteroatoms. The van der Waals surface area contributed by atoms with Gasteiger partial charge in [0.25, 0.3) is 0 Å². The SMILES string of the molecule is CC(=O)c1ccc(NS(C)(=O)=O)c(Oc2ccccc2C)c1.[H-].[Na+]. The third kappa shape index (κ3) is 5.66. The number of rotatable bonds is 5. The molecule has 2 aromatic carbocycles. The summed E-state index contributed by atoms with van der Waals surface area (Å²) in [6, 6.07) is 12.0. The Hall–Kier alpha value is -1.34. The van der Waals surface area contributed by atoms with Gasteiger partial charge < -0.3 is 6.16 Å². The molecule has 0 unspecified atom stereocenters. The van der Waals surface area contributed by atoms with E-state index >= 15 is 0 Å². The van der Waals surface area contributed by atoms with Crippen LogP contribution in [0.1, 0.15) is 24.3 Å². The van der Waals surface area contributed by atoms with Crippen LogP contribution in [0.25, 0.3) is 0 Å². The number of benzene rings is 2. The molecule has 0 saturated carbocycles. The van der Waals surface area contributed by atoms with E-state index in [2.05, 4.69) is 4.72 Å². The minimum absolute atomic E-state index is 0. The molecule has 0 heterocycles. The Labute approximate surface area is 159 Å².